The Balaban J connectivity index is 3.09. The Kier molecular flexibility index (Phi) is 4.97. The van der Waals surface area contributed by atoms with E-state index in [4.69, 9.17) is 0 Å². The summed E-state index contributed by atoms with van der Waals surface area (Å²) in [4.78, 5) is 4.59. The highest BCUT2D eigenvalue weighted by Gasteiger charge is 2.03. The molecule has 86 valence electrons. The van der Waals surface area contributed by atoms with Gasteiger partial charge in [-0.25, -0.2) is 0 Å². The second kappa shape index (κ2) is 6.26. The van der Waals surface area contributed by atoms with Gasteiger partial charge in [0.25, 0.3) is 0 Å². The van der Waals surface area contributed by atoms with Crippen LogP contribution in [0.25, 0.3) is 0 Å². The van der Waals surface area contributed by atoms with Crippen LogP contribution >= 0.6 is 0 Å². The van der Waals surface area contributed by atoms with E-state index < -0.39 is 0 Å². The number of rotatable bonds is 4. The topological polar surface area (TPSA) is 12.4 Å². The number of aryl methyl sites for hydroxylation is 2. The Labute approximate surface area is 98.9 Å². The third-order valence-corrected chi connectivity index (χ3v) is 2.58. The van der Waals surface area contributed by atoms with Crippen molar-refractivity contribution in [2.75, 3.05) is 0 Å². The Bertz CT molecular complexity index is 374. The summed E-state index contributed by atoms with van der Waals surface area (Å²) >= 11 is 0. The molecule has 1 nitrogen and oxygen atoms in total. The number of benzene rings is 1. The molecule has 0 bridgehead atoms. The number of hydrogen-bond acceptors (Lipinski definition) is 1. The van der Waals surface area contributed by atoms with E-state index in [9.17, 15) is 0 Å². The summed E-state index contributed by atoms with van der Waals surface area (Å²) in [6, 6.07) is 6.44. The van der Waals surface area contributed by atoms with Crippen molar-refractivity contribution in [2.24, 2.45) is 4.99 Å². The molecule has 0 saturated carbocycles. The Morgan fingerprint density at radius 1 is 1.12 bits per heavy atom. The second-order valence-electron chi connectivity index (χ2n) is 4.15. The average molecular weight is 215 g/mol. The number of allylic oxidation sites excluding steroid dienone is 2. The molecule has 0 radical (unpaired) electrons. The maximum Gasteiger partial charge on any atom is 0.0693 e. The van der Waals surface area contributed by atoms with Crippen LogP contribution in [0, 0.1) is 0 Å². The van der Waals surface area contributed by atoms with Crippen LogP contribution in [0.4, 0.5) is 5.69 Å². The Morgan fingerprint density at radius 3 is 2.12 bits per heavy atom. The molecule has 1 aromatic carbocycles. The van der Waals surface area contributed by atoms with Crippen molar-refractivity contribution in [1.29, 1.82) is 0 Å². The van der Waals surface area contributed by atoms with Gasteiger partial charge in [0.05, 0.1) is 5.69 Å². The normalized spacial score (nSPS) is 10.8. The smallest absolute Gasteiger partial charge is 0.0693 e. The highest BCUT2D eigenvalue weighted by Crippen LogP contribution is 2.25. The van der Waals surface area contributed by atoms with Crippen molar-refractivity contribution in [3.63, 3.8) is 0 Å². The molecule has 0 spiro atoms. The van der Waals surface area contributed by atoms with Crippen molar-refractivity contribution < 1.29 is 0 Å². The second-order valence-corrected chi connectivity index (χ2v) is 4.15. The number of aliphatic imine (C=N–C) groups is 1. The summed E-state index contributed by atoms with van der Waals surface area (Å²) in [5.41, 5.74) is 5.09. The van der Waals surface area contributed by atoms with E-state index in [-0.39, 0.29) is 0 Å². The van der Waals surface area contributed by atoms with Crippen molar-refractivity contribution in [3.8, 4) is 0 Å². The van der Waals surface area contributed by atoms with Gasteiger partial charge in [-0.15, -0.1) is 0 Å². The zero-order chi connectivity index (χ0) is 12.0. The molecule has 0 N–H and O–H groups in total. The van der Waals surface area contributed by atoms with Crippen molar-refractivity contribution in [3.05, 3.63) is 41.0 Å². The van der Waals surface area contributed by atoms with Crippen LogP contribution in [-0.2, 0) is 12.8 Å². The van der Waals surface area contributed by atoms with Gasteiger partial charge in [-0.05, 0) is 43.9 Å². The van der Waals surface area contributed by atoms with Crippen LogP contribution in [0.15, 0.2) is 34.8 Å². The highest BCUT2D eigenvalue weighted by atomic mass is 14.7. The minimum absolute atomic E-state index is 1.04. The molecular weight excluding hydrogens is 194 g/mol. The van der Waals surface area contributed by atoms with E-state index in [1.807, 2.05) is 12.3 Å². The quantitative estimate of drug-likeness (QED) is 0.657. The first kappa shape index (κ1) is 12.7. The largest absolute Gasteiger partial charge is 0.256 e. The van der Waals surface area contributed by atoms with Gasteiger partial charge >= 0.3 is 0 Å². The summed E-state index contributed by atoms with van der Waals surface area (Å²) in [6.45, 7) is 8.51. The maximum atomic E-state index is 4.59. The van der Waals surface area contributed by atoms with Gasteiger partial charge in [-0.2, -0.15) is 0 Å². The fourth-order valence-electron chi connectivity index (χ4n) is 1.64. The predicted octanol–water partition coefficient (Wildman–Crippen LogP) is 4.48. The molecular formula is C15H21N. The third kappa shape index (κ3) is 3.34. The number of para-hydroxylation sites is 1. The third-order valence-electron chi connectivity index (χ3n) is 2.58. The van der Waals surface area contributed by atoms with Crippen LogP contribution < -0.4 is 0 Å². The van der Waals surface area contributed by atoms with Crippen LogP contribution in [0.3, 0.4) is 0 Å². The molecule has 0 fully saturated rings. The molecule has 0 aliphatic heterocycles. The highest BCUT2D eigenvalue weighted by molar-refractivity contribution is 5.76. The summed E-state index contributed by atoms with van der Waals surface area (Å²) in [7, 11) is 0. The predicted molar refractivity (Wildman–Crippen MR) is 72.8 cm³/mol. The van der Waals surface area contributed by atoms with Crippen LogP contribution in [0.2, 0.25) is 0 Å². The van der Waals surface area contributed by atoms with Gasteiger partial charge in [-0.3, -0.25) is 4.99 Å². The summed E-state index contributed by atoms with van der Waals surface area (Å²) in [5.74, 6) is 0. The van der Waals surface area contributed by atoms with Crippen LogP contribution in [-0.4, -0.2) is 6.21 Å². The monoisotopic (exact) mass is 215 g/mol. The van der Waals surface area contributed by atoms with E-state index in [1.54, 1.807) is 0 Å². The molecule has 0 unspecified atom stereocenters. The molecule has 0 atom stereocenters. The molecule has 0 amide bonds. The number of nitrogens with zero attached hydrogens (tertiary/aromatic N) is 1. The minimum atomic E-state index is 1.04. The lowest BCUT2D eigenvalue weighted by atomic mass is 10.0. The summed E-state index contributed by atoms with van der Waals surface area (Å²) in [5, 5.41) is 0. The van der Waals surface area contributed by atoms with Gasteiger partial charge in [0, 0.05) is 6.21 Å². The molecule has 1 rings (SSSR count). The molecule has 0 aromatic heterocycles. The van der Waals surface area contributed by atoms with Gasteiger partial charge in [0.2, 0.25) is 0 Å². The zero-order valence-electron chi connectivity index (χ0n) is 10.7. The van der Waals surface area contributed by atoms with E-state index in [2.05, 4.69) is 50.9 Å². The molecule has 16 heavy (non-hydrogen) atoms. The lowest BCUT2D eigenvalue weighted by Gasteiger charge is -2.07. The van der Waals surface area contributed by atoms with Gasteiger partial charge < -0.3 is 0 Å². The van der Waals surface area contributed by atoms with Crippen LogP contribution in [0.1, 0.15) is 38.8 Å². The standard InChI is InChI=1S/C15H21N/c1-5-13-8-7-9-14(6-2)15(13)16-11-10-12(3)4/h7-11H,5-6H2,1-4H3. The first-order chi connectivity index (χ1) is 7.69. The average Bonchev–Trinajstić information content (AvgIpc) is 2.28. The van der Waals surface area contributed by atoms with Crippen molar-refractivity contribution in [2.45, 2.75) is 40.5 Å². The van der Waals surface area contributed by atoms with E-state index >= 15 is 0 Å². The molecule has 1 heteroatoms. The Morgan fingerprint density at radius 2 is 1.69 bits per heavy atom. The molecule has 0 aliphatic carbocycles. The minimum Gasteiger partial charge on any atom is -0.256 e. The molecule has 0 aliphatic rings. The van der Waals surface area contributed by atoms with Gasteiger partial charge in [-0.1, -0.05) is 37.6 Å². The van der Waals surface area contributed by atoms with Gasteiger partial charge in [0.15, 0.2) is 0 Å². The molecule has 1 aromatic rings. The first-order valence-corrected chi connectivity index (χ1v) is 5.97. The lowest BCUT2D eigenvalue weighted by Crippen LogP contribution is -1.88. The van der Waals surface area contributed by atoms with E-state index in [0.717, 1.165) is 18.5 Å². The SMILES string of the molecule is CCc1cccc(CC)c1N=CC=C(C)C. The fourth-order valence-corrected chi connectivity index (χ4v) is 1.64. The van der Waals surface area contributed by atoms with Crippen LogP contribution in [0.5, 0.6) is 0 Å². The van der Waals surface area contributed by atoms with E-state index in [1.165, 1.54) is 16.7 Å². The maximum absolute atomic E-state index is 4.59. The lowest BCUT2D eigenvalue weighted by molar-refractivity contribution is 1.08. The fraction of sp³-hybridized carbons (Fsp3) is 0.400. The summed E-state index contributed by atoms with van der Waals surface area (Å²) < 4.78 is 0. The van der Waals surface area contributed by atoms with E-state index in [0.29, 0.717) is 0 Å². The molecule has 0 saturated heterocycles. The zero-order valence-corrected chi connectivity index (χ0v) is 10.7. The van der Waals surface area contributed by atoms with Gasteiger partial charge in [0.1, 0.15) is 0 Å². The van der Waals surface area contributed by atoms with Crippen molar-refractivity contribution >= 4 is 11.9 Å². The molecule has 0 heterocycles. The van der Waals surface area contributed by atoms with Crippen molar-refractivity contribution in [1.82, 2.24) is 0 Å². The first-order valence-electron chi connectivity index (χ1n) is 5.97. The summed E-state index contributed by atoms with van der Waals surface area (Å²) in [6.07, 6.45) is 6.03. The Hall–Kier alpha value is -1.37. The number of hydrogen-bond donors (Lipinski definition) is 0.